The van der Waals surface area contributed by atoms with Crippen LogP contribution in [-0.4, -0.2) is 53.2 Å². The van der Waals surface area contributed by atoms with Gasteiger partial charge in [0.1, 0.15) is 17.2 Å². The van der Waals surface area contributed by atoms with Crippen molar-refractivity contribution in [1.29, 1.82) is 0 Å². The van der Waals surface area contributed by atoms with Gasteiger partial charge in [-0.1, -0.05) is 6.07 Å². The number of hydrogen-bond donors (Lipinski definition) is 4. The second-order valence-corrected chi connectivity index (χ2v) is 12.8. The molecule has 1 fully saturated rings. The number of fused-ring (bicyclic) bond motifs is 1. The maximum Gasteiger partial charge on any atom is 0.489 e. The molecule has 0 unspecified atom stereocenters. The van der Waals surface area contributed by atoms with Gasteiger partial charge in [0.05, 0.1) is 22.7 Å². The summed E-state index contributed by atoms with van der Waals surface area (Å²) in [7, 11) is -7.78. The highest BCUT2D eigenvalue weighted by Gasteiger charge is 2.31. The van der Waals surface area contributed by atoms with E-state index in [9.17, 15) is 36.1 Å². The maximum absolute atomic E-state index is 13.6. The Morgan fingerprint density at radius 3 is 2.37 bits per heavy atom. The molecule has 4 aromatic rings. The van der Waals surface area contributed by atoms with E-state index in [1.165, 1.54) is 37.4 Å². The van der Waals surface area contributed by atoms with E-state index in [4.69, 9.17) is 4.42 Å². The number of nitrogens with one attached hydrogen (secondary N) is 1. The van der Waals surface area contributed by atoms with E-state index in [0.717, 1.165) is 41.1 Å². The predicted octanol–water partition coefficient (Wildman–Crippen LogP) is 2.09. The first-order valence-corrected chi connectivity index (χ1v) is 15.6. The molecule has 0 bridgehead atoms. The van der Waals surface area contributed by atoms with E-state index >= 15 is 0 Å². The highest BCUT2D eigenvalue weighted by Crippen LogP contribution is 2.45. The van der Waals surface area contributed by atoms with Crippen molar-refractivity contribution < 1.29 is 40.5 Å². The molecular formula is C27H26BFN2O8S2. The Morgan fingerprint density at radius 2 is 1.80 bits per heavy atom. The minimum atomic E-state index is -3.94. The third-order valence-corrected chi connectivity index (χ3v) is 8.94. The van der Waals surface area contributed by atoms with Crippen LogP contribution in [-0.2, 0) is 27.3 Å². The number of nitrogens with zero attached hydrogens (tertiary/aromatic N) is 1. The van der Waals surface area contributed by atoms with E-state index in [1.54, 1.807) is 6.07 Å². The van der Waals surface area contributed by atoms with Gasteiger partial charge < -0.3 is 19.8 Å². The van der Waals surface area contributed by atoms with Crippen LogP contribution in [0.15, 0.2) is 63.9 Å². The van der Waals surface area contributed by atoms with E-state index in [0.29, 0.717) is 22.1 Å². The van der Waals surface area contributed by atoms with Gasteiger partial charge in [-0.3, -0.25) is 9.10 Å². The molecule has 1 aliphatic rings. The molecule has 0 spiro atoms. The Balaban J connectivity index is 1.66. The summed E-state index contributed by atoms with van der Waals surface area (Å²) in [4.78, 5) is 12.5. The van der Waals surface area contributed by atoms with Gasteiger partial charge in [-0.2, -0.15) is 0 Å². The molecule has 14 heteroatoms. The van der Waals surface area contributed by atoms with Crippen molar-refractivity contribution in [1.82, 2.24) is 5.32 Å². The Kier molecular flexibility index (Phi) is 7.68. The van der Waals surface area contributed by atoms with Gasteiger partial charge in [-0.15, -0.1) is 0 Å². The quantitative estimate of drug-likeness (QED) is 0.168. The Morgan fingerprint density at radius 1 is 1.12 bits per heavy atom. The van der Waals surface area contributed by atoms with E-state index < -0.39 is 44.5 Å². The van der Waals surface area contributed by atoms with Crippen LogP contribution < -0.4 is 15.1 Å². The van der Waals surface area contributed by atoms with Gasteiger partial charge in [0.15, 0.2) is 9.84 Å². The zero-order chi connectivity index (χ0) is 29.6. The molecule has 0 radical (unpaired) electrons. The molecule has 0 saturated heterocycles. The summed E-state index contributed by atoms with van der Waals surface area (Å²) < 4.78 is 70.3. The van der Waals surface area contributed by atoms with Gasteiger partial charge in [0, 0.05) is 29.7 Å². The van der Waals surface area contributed by atoms with Crippen molar-refractivity contribution in [3.63, 3.8) is 0 Å². The zero-order valence-corrected chi connectivity index (χ0v) is 23.7. The third kappa shape index (κ3) is 5.73. The van der Waals surface area contributed by atoms with Crippen LogP contribution in [0.4, 0.5) is 10.1 Å². The number of thiol groups is 1. The standard InChI is InChI=1S/C27H26BFN2O8S2/c1-30-27(32)25-21-13-20(15-3-4-15)17(11-23(21)39-26(25)16-5-7-18(29)8-6-16)14-31(40(35)36)19-9-10-22(28(33)34)24(12-19)41(2,37)38/h5-13,15,33-34,40H,3-4,14H2,1-2H3,(H,30,32). The molecule has 214 valence electrons. The first kappa shape index (κ1) is 28.8. The van der Waals surface area contributed by atoms with Crippen LogP contribution in [0.25, 0.3) is 22.3 Å². The number of sulfone groups is 1. The summed E-state index contributed by atoms with van der Waals surface area (Å²) in [6.07, 6.45) is 2.61. The Hall–Kier alpha value is -3.72. The molecule has 1 aromatic heterocycles. The molecule has 1 heterocycles. The number of amides is 1. The van der Waals surface area contributed by atoms with Gasteiger partial charge >= 0.3 is 7.12 Å². The Labute approximate surface area is 237 Å². The van der Waals surface area contributed by atoms with Crippen LogP contribution in [0, 0.1) is 5.82 Å². The summed E-state index contributed by atoms with van der Waals surface area (Å²) in [5.41, 5.74) is 2.23. The monoisotopic (exact) mass is 600 g/mol. The number of benzene rings is 3. The van der Waals surface area contributed by atoms with Crippen molar-refractivity contribution >= 4 is 55.9 Å². The minimum Gasteiger partial charge on any atom is -0.455 e. The number of anilines is 1. The van der Waals surface area contributed by atoms with Crippen LogP contribution in [0.1, 0.15) is 40.2 Å². The summed E-state index contributed by atoms with van der Waals surface area (Å²) in [5, 5.41) is 22.4. The van der Waals surface area contributed by atoms with Gasteiger partial charge in [-0.25, -0.2) is 21.2 Å². The average Bonchev–Trinajstić information content (AvgIpc) is 3.70. The number of rotatable bonds is 9. The third-order valence-electron chi connectivity index (χ3n) is 7.02. The number of carbonyl (C=O) groups excluding carboxylic acids is 1. The van der Waals surface area contributed by atoms with Gasteiger partial charge in [0.2, 0.25) is 10.9 Å². The van der Waals surface area contributed by atoms with Crippen LogP contribution in [0.5, 0.6) is 0 Å². The van der Waals surface area contributed by atoms with Crippen LogP contribution in [0.3, 0.4) is 0 Å². The molecule has 0 aliphatic heterocycles. The second kappa shape index (κ2) is 10.9. The number of furan rings is 1. The van der Waals surface area contributed by atoms with Crippen molar-refractivity contribution in [2.24, 2.45) is 0 Å². The number of halogens is 1. The second-order valence-electron chi connectivity index (χ2n) is 9.88. The molecule has 41 heavy (non-hydrogen) atoms. The fourth-order valence-corrected chi connectivity index (χ4v) is 6.41. The average molecular weight is 600 g/mol. The van der Waals surface area contributed by atoms with Crippen molar-refractivity contribution in [3.05, 3.63) is 77.1 Å². The van der Waals surface area contributed by atoms with Crippen molar-refractivity contribution in [2.45, 2.75) is 30.2 Å². The van der Waals surface area contributed by atoms with Crippen LogP contribution in [0.2, 0.25) is 0 Å². The lowest BCUT2D eigenvalue weighted by atomic mass is 9.80. The fourth-order valence-electron chi connectivity index (χ4n) is 4.89. The highest BCUT2D eigenvalue weighted by atomic mass is 32.2. The largest absolute Gasteiger partial charge is 0.489 e. The molecule has 1 amide bonds. The molecule has 0 atom stereocenters. The summed E-state index contributed by atoms with van der Waals surface area (Å²) >= 11 is 0. The van der Waals surface area contributed by atoms with E-state index in [-0.39, 0.29) is 34.9 Å². The normalized spacial score (nSPS) is 13.5. The molecule has 5 rings (SSSR count). The highest BCUT2D eigenvalue weighted by molar-refractivity contribution is 7.91. The van der Waals surface area contributed by atoms with Crippen LogP contribution >= 0.6 is 0 Å². The zero-order valence-electron chi connectivity index (χ0n) is 22.0. The Bertz CT molecular complexity index is 1840. The minimum absolute atomic E-state index is 0.0188. The predicted molar refractivity (Wildman–Crippen MR) is 153 cm³/mol. The lowest BCUT2D eigenvalue weighted by molar-refractivity contribution is 0.0964. The first-order chi connectivity index (χ1) is 19.4. The maximum atomic E-state index is 13.6. The van der Waals surface area contributed by atoms with E-state index in [1.807, 2.05) is 6.07 Å². The van der Waals surface area contributed by atoms with Gasteiger partial charge in [-0.05, 0) is 78.4 Å². The summed E-state index contributed by atoms with van der Waals surface area (Å²) in [6, 6.07) is 12.5. The van der Waals surface area contributed by atoms with Gasteiger partial charge in [0.25, 0.3) is 5.91 Å². The lowest BCUT2D eigenvalue weighted by Gasteiger charge is -2.21. The summed E-state index contributed by atoms with van der Waals surface area (Å²) in [5.74, 6) is -0.486. The SMILES string of the molecule is CNC(=O)c1c(-c2ccc(F)cc2)oc2cc(CN(c3ccc(B(O)O)c(S(C)(=O)=O)c3)[SH](=O)=O)c(C3CC3)cc12. The molecule has 3 aromatic carbocycles. The molecule has 3 N–H and O–H groups in total. The summed E-state index contributed by atoms with van der Waals surface area (Å²) in [6.45, 7) is -0.174. The molecule has 1 aliphatic carbocycles. The fraction of sp³-hybridized carbons (Fsp3) is 0.222. The van der Waals surface area contributed by atoms with E-state index in [2.05, 4.69) is 5.32 Å². The molecule has 10 nitrogen and oxygen atoms in total. The topological polar surface area (TPSA) is 154 Å². The van der Waals surface area contributed by atoms with Crippen molar-refractivity contribution in [3.8, 4) is 11.3 Å². The molecule has 1 saturated carbocycles. The molecular weight excluding hydrogens is 574 g/mol. The van der Waals surface area contributed by atoms with Crippen molar-refractivity contribution in [2.75, 3.05) is 17.6 Å². The first-order valence-electron chi connectivity index (χ1n) is 12.6. The number of hydrogen-bond acceptors (Lipinski definition) is 8. The smallest absolute Gasteiger partial charge is 0.455 e. The number of carbonyl (C=O) groups is 1. The lowest BCUT2D eigenvalue weighted by Crippen LogP contribution is -2.34.